The van der Waals surface area contributed by atoms with Gasteiger partial charge in [-0.05, 0) is 57.8 Å². The van der Waals surface area contributed by atoms with Crippen molar-refractivity contribution in [3.63, 3.8) is 0 Å². The average Bonchev–Trinajstić information content (AvgIpc) is 3.52. The van der Waals surface area contributed by atoms with Crippen LogP contribution in [0.3, 0.4) is 0 Å². The van der Waals surface area contributed by atoms with Gasteiger partial charge < -0.3 is 20.3 Å². The first-order chi connectivity index (χ1) is 42.0. The quantitative estimate of drug-likeness (QED) is 0.0320. The van der Waals surface area contributed by atoms with Crippen molar-refractivity contribution in [1.29, 1.82) is 0 Å². The number of hydrogen-bond acceptors (Lipinski definition) is 5. The first-order valence-corrected chi connectivity index (χ1v) is 39.1. The molecular formula is C79H153NO5. The van der Waals surface area contributed by atoms with E-state index >= 15 is 0 Å². The molecule has 0 aromatic heterocycles. The van der Waals surface area contributed by atoms with Crippen LogP contribution in [0.15, 0.2) is 24.3 Å². The molecule has 0 heterocycles. The molecule has 6 nitrogen and oxygen atoms in total. The van der Waals surface area contributed by atoms with Crippen molar-refractivity contribution in [2.75, 3.05) is 13.2 Å². The summed E-state index contributed by atoms with van der Waals surface area (Å²) in [6.07, 6.45) is 95.6. The lowest BCUT2D eigenvalue weighted by molar-refractivity contribution is -0.143. The highest BCUT2D eigenvalue weighted by atomic mass is 16.5. The lowest BCUT2D eigenvalue weighted by Gasteiger charge is -2.22. The highest BCUT2D eigenvalue weighted by Crippen LogP contribution is 2.20. The van der Waals surface area contributed by atoms with Crippen LogP contribution in [0.1, 0.15) is 444 Å². The van der Waals surface area contributed by atoms with Gasteiger partial charge >= 0.3 is 5.97 Å². The van der Waals surface area contributed by atoms with Gasteiger partial charge in [-0.25, -0.2) is 0 Å². The summed E-state index contributed by atoms with van der Waals surface area (Å²) in [7, 11) is 0. The summed E-state index contributed by atoms with van der Waals surface area (Å²) in [6.45, 7) is 5.00. The maximum absolute atomic E-state index is 12.5. The van der Waals surface area contributed by atoms with Crippen LogP contribution in [-0.4, -0.2) is 47.4 Å². The molecule has 2 unspecified atom stereocenters. The number of hydrogen-bond donors (Lipinski definition) is 3. The van der Waals surface area contributed by atoms with E-state index < -0.39 is 12.1 Å². The average molecular weight is 1200 g/mol. The number of nitrogens with one attached hydrogen (secondary N) is 1. The second-order valence-corrected chi connectivity index (χ2v) is 27.0. The smallest absolute Gasteiger partial charge is 0.305 e. The predicted molar refractivity (Wildman–Crippen MR) is 375 cm³/mol. The van der Waals surface area contributed by atoms with E-state index in [0.29, 0.717) is 25.9 Å². The van der Waals surface area contributed by atoms with E-state index in [9.17, 15) is 19.8 Å². The molecule has 0 radical (unpaired) electrons. The predicted octanol–water partition coefficient (Wildman–Crippen LogP) is 25.7. The van der Waals surface area contributed by atoms with Gasteiger partial charge in [-0.15, -0.1) is 0 Å². The largest absolute Gasteiger partial charge is 0.466 e. The van der Waals surface area contributed by atoms with E-state index in [-0.39, 0.29) is 18.5 Å². The Bertz CT molecular complexity index is 1330. The molecule has 0 aromatic carbocycles. The van der Waals surface area contributed by atoms with Gasteiger partial charge in [0.2, 0.25) is 5.91 Å². The van der Waals surface area contributed by atoms with Crippen LogP contribution >= 0.6 is 0 Å². The molecule has 1 amide bonds. The second-order valence-electron chi connectivity index (χ2n) is 27.0. The fraction of sp³-hybridized carbons (Fsp3) is 0.924. The van der Waals surface area contributed by atoms with Crippen LogP contribution in [0.5, 0.6) is 0 Å². The summed E-state index contributed by atoms with van der Waals surface area (Å²) in [6, 6.07) is -0.538. The highest BCUT2D eigenvalue weighted by Gasteiger charge is 2.20. The van der Waals surface area contributed by atoms with Crippen LogP contribution in [0, 0.1) is 0 Å². The van der Waals surface area contributed by atoms with Crippen molar-refractivity contribution in [2.45, 2.75) is 456 Å². The van der Waals surface area contributed by atoms with Crippen molar-refractivity contribution in [3.05, 3.63) is 24.3 Å². The van der Waals surface area contributed by atoms with Crippen LogP contribution in [0.2, 0.25) is 0 Å². The number of carbonyl (C=O) groups is 2. The number of ether oxygens (including phenoxy) is 1. The Hall–Kier alpha value is -1.66. The van der Waals surface area contributed by atoms with Crippen LogP contribution in [-0.2, 0) is 14.3 Å². The maximum atomic E-state index is 12.5. The normalized spacial score (nSPS) is 12.6. The van der Waals surface area contributed by atoms with Gasteiger partial charge in [0, 0.05) is 12.8 Å². The molecule has 0 aliphatic heterocycles. The minimum Gasteiger partial charge on any atom is -0.466 e. The van der Waals surface area contributed by atoms with E-state index in [1.807, 2.05) is 0 Å². The molecule has 0 rings (SSSR count). The number of carbonyl (C=O) groups excluding carboxylic acids is 2. The molecule has 3 N–H and O–H groups in total. The first-order valence-electron chi connectivity index (χ1n) is 39.1. The Morgan fingerprint density at radius 2 is 0.588 bits per heavy atom. The SMILES string of the molecule is CCCCCCCCCCCCCCCCCC(=O)OCCCCCCCCCCCCCCCCC/C=C\C/C=C\CCCCCCCCCCCCCCCCCCCC(=O)NC(CO)C(O)CCCCCCCCCCCCCCCC. The number of amides is 1. The number of esters is 1. The lowest BCUT2D eigenvalue weighted by Crippen LogP contribution is -2.45. The highest BCUT2D eigenvalue weighted by molar-refractivity contribution is 5.76. The fourth-order valence-corrected chi connectivity index (χ4v) is 12.6. The second kappa shape index (κ2) is 74.8. The summed E-state index contributed by atoms with van der Waals surface area (Å²) < 4.78 is 5.50. The molecule has 0 aliphatic rings. The van der Waals surface area contributed by atoms with Gasteiger partial charge in [0.15, 0.2) is 0 Å². The molecule has 2 atom stereocenters. The molecule has 504 valence electrons. The zero-order valence-corrected chi connectivity index (χ0v) is 57.9. The van der Waals surface area contributed by atoms with Gasteiger partial charge in [-0.1, -0.05) is 398 Å². The van der Waals surface area contributed by atoms with E-state index in [2.05, 4.69) is 43.5 Å². The monoisotopic (exact) mass is 1200 g/mol. The first kappa shape index (κ1) is 83.3. The van der Waals surface area contributed by atoms with Crippen molar-refractivity contribution in [1.82, 2.24) is 5.32 Å². The molecule has 0 spiro atoms. The van der Waals surface area contributed by atoms with Crippen molar-refractivity contribution in [2.24, 2.45) is 0 Å². The lowest BCUT2D eigenvalue weighted by atomic mass is 10.0. The van der Waals surface area contributed by atoms with E-state index in [4.69, 9.17) is 4.74 Å². The number of rotatable bonds is 74. The standard InChI is InChI=1S/C79H153NO5/c1-3-5-7-9-11-13-15-17-44-49-53-57-61-65-69-73-79(84)85-74-70-66-62-58-54-50-46-43-41-39-37-35-33-31-29-27-25-23-21-19-20-22-24-26-28-30-32-34-36-38-40-42-45-48-52-56-60-64-68-72-78(83)80-76(75-81)77(82)71-67-63-59-55-51-47-18-16-14-12-10-8-6-4-2/h19-20,23,25,76-77,81-82H,3-18,21-22,24,26-75H2,1-2H3,(H,80,83)/b20-19-,25-23-. The summed E-state index contributed by atoms with van der Waals surface area (Å²) in [5.41, 5.74) is 0. The third-order valence-electron chi connectivity index (χ3n) is 18.5. The van der Waals surface area contributed by atoms with Crippen LogP contribution in [0.25, 0.3) is 0 Å². The van der Waals surface area contributed by atoms with E-state index in [0.717, 1.165) is 44.9 Å². The van der Waals surface area contributed by atoms with Crippen molar-refractivity contribution < 1.29 is 24.5 Å². The molecule has 6 heteroatoms. The summed E-state index contributed by atoms with van der Waals surface area (Å²) in [5, 5.41) is 23.3. The Balaban J connectivity index is 3.33. The number of aliphatic hydroxyl groups excluding tert-OH is 2. The maximum Gasteiger partial charge on any atom is 0.305 e. The number of allylic oxidation sites excluding steroid dienone is 4. The van der Waals surface area contributed by atoms with Gasteiger partial charge in [0.05, 0.1) is 25.4 Å². The molecular weight excluding hydrogens is 1040 g/mol. The van der Waals surface area contributed by atoms with Gasteiger partial charge in [0.1, 0.15) is 0 Å². The van der Waals surface area contributed by atoms with Crippen molar-refractivity contribution >= 4 is 11.9 Å². The molecule has 85 heavy (non-hydrogen) atoms. The zero-order valence-electron chi connectivity index (χ0n) is 57.9. The Kier molecular flexibility index (Phi) is 73.3. The Morgan fingerprint density at radius 1 is 0.329 bits per heavy atom. The third kappa shape index (κ3) is 71.3. The molecule has 0 aliphatic carbocycles. The Labute approximate surface area is 532 Å². The van der Waals surface area contributed by atoms with Gasteiger partial charge in [-0.3, -0.25) is 9.59 Å². The third-order valence-corrected chi connectivity index (χ3v) is 18.5. The molecule has 0 fully saturated rings. The fourth-order valence-electron chi connectivity index (χ4n) is 12.6. The van der Waals surface area contributed by atoms with Gasteiger partial charge in [0.25, 0.3) is 0 Å². The van der Waals surface area contributed by atoms with E-state index in [1.54, 1.807) is 0 Å². The molecule has 0 bridgehead atoms. The molecule has 0 saturated heterocycles. The van der Waals surface area contributed by atoms with E-state index in [1.165, 1.54) is 366 Å². The topological polar surface area (TPSA) is 95.9 Å². The van der Waals surface area contributed by atoms with Gasteiger partial charge in [-0.2, -0.15) is 0 Å². The molecule has 0 saturated carbocycles. The summed E-state index contributed by atoms with van der Waals surface area (Å²) in [4.78, 5) is 24.6. The minimum atomic E-state index is -0.661. The summed E-state index contributed by atoms with van der Waals surface area (Å²) in [5.74, 6) is -0.00479. The minimum absolute atomic E-state index is 0.0241. The van der Waals surface area contributed by atoms with Crippen LogP contribution < -0.4 is 5.32 Å². The zero-order chi connectivity index (χ0) is 61.3. The van der Waals surface area contributed by atoms with Crippen molar-refractivity contribution in [3.8, 4) is 0 Å². The Morgan fingerprint density at radius 3 is 0.894 bits per heavy atom. The number of aliphatic hydroxyl groups is 2. The van der Waals surface area contributed by atoms with Crippen LogP contribution in [0.4, 0.5) is 0 Å². The summed E-state index contributed by atoms with van der Waals surface area (Å²) >= 11 is 0. The number of unbranched alkanes of at least 4 members (excludes halogenated alkanes) is 59. The molecule has 0 aromatic rings.